The molecule has 2 nitrogen and oxygen atoms in total. The van der Waals surface area contributed by atoms with Gasteiger partial charge in [0, 0.05) is 6.42 Å². The van der Waals surface area contributed by atoms with Crippen molar-refractivity contribution in [1.82, 2.24) is 5.32 Å². The van der Waals surface area contributed by atoms with Gasteiger partial charge in [0.15, 0.2) is 5.78 Å². The van der Waals surface area contributed by atoms with E-state index in [0.717, 1.165) is 24.9 Å². The van der Waals surface area contributed by atoms with Crippen molar-refractivity contribution in [3.05, 3.63) is 34.9 Å². The zero-order valence-corrected chi connectivity index (χ0v) is 10.0. The molecule has 16 heavy (non-hydrogen) atoms. The van der Waals surface area contributed by atoms with Crippen LogP contribution in [0.25, 0.3) is 0 Å². The minimum absolute atomic E-state index is 0.0980. The van der Waals surface area contributed by atoms with Gasteiger partial charge in [0.05, 0.1) is 6.04 Å². The Bertz CT molecular complexity index is 371. The lowest BCUT2D eigenvalue weighted by Gasteiger charge is -2.09. The number of rotatable bonds is 3. The third-order valence-corrected chi connectivity index (χ3v) is 3.11. The van der Waals surface area contributed by atoms with Crippen molar-refractivity contribution in [3.63, 3.8) is 0 Å². The number of aryl methyl sites for hydroxylation is 2. The molecule has 0 bridgehead atoms. The summed E-state index contributed by atoms with van der Waals surface area (Å²) in [7, 11) is 0. The first-order valence-electron chi connectivity index (χ1n) is 5.98. The van der Waals surface area contributed by atoms with E-state index in [1.807, 2.05) is 0 Å². The summed E-state index contributed by atoms with van der Waals surface area (Å²) in [5.41, 5.74) is 3.63. The van der Waals surface area contributed by atoms with Gasteiger partial charge in [0.25, 0.3) is 0 Å². The topological polar surface area (TPSA) is 29.1 Å². The SMILES string of the molecule is Cc1cc(C)cc(CC(=O)C2CCCN2)c1. The summed E-state index contributed by atoms with van der Waals surface area (Å²) in [6, 6.07) is 6.46. The predicted octanol–water partition coefficient (Wildman–Crippen LogP) is 2.17. The molecule has 0 aliphatic carbocycles. The molecule has 1 heterocycles. The van der Waals surface area contributed by atoms with E-state index >= 15 is 0 Å². The molecule has 0 saturated carbocycles. The van der Waals surface area contributed by atoms with Crippen molar-refractivity contribution in [2.45, 2.75) is 39.2 Å². The fourth-order valence-electron chi connectivity index (χ4n) is 2.45. The summed E-state index contributed by atoms with van der Waals surface area (Å²) in [4.78, 5) is 12.0. The van der Waals surface area contributed by atoms with Gasteiger partial charge >= 0.3 is 0 Å². The number of benzene rings is 1. The fraction of sp³-hybridized carbons (Fsp3) is 0.500. The largest absolute Gasteiger partial charge is 0.307 e. The fourth-order valence-corrected chi connectivity index (χ4v) is 2.45. The van der Waals surface area contributed by atoms with Crippen LogP contribution in [-0.2, 0) is 11.2 Å². The van der Waals surface area contributed by atoms with Crippen molar-refractivity contribution in [2.75, 3.05) is 6.54 Å². The summed E-state index contributed by atoms with van der Waals surface area (Å²) in [6.45, 7) is 5.15. The summed E-state index contributed by atoms with van der Waals surface area (Å²) < 4.78 is 0. The zero-order chi connectivity index (χ0) is 11.5. The molecule has 0 radical (unpaired) electrons. The molecule has 86 valence electrons. The highest BCUT2D eigenvalue weighted by Gasteiger charge is 2.21. The van der Waals surface area contributed by atoms with Gasteiger partial charge in [-0.05, 0) is 38.8 Å². The highest BCUT2D eigenvalue weighted by molar-refractivity contribution is 5.86. The number of carbonyl (C=O) groups is 1. The smallest absolute Gasteiger partial charge is 0.154 e. The van der Waals surface area contributed by atoms with Gasteiger partial charge in [-0.25, -0.2) is 0 Å². The number of carbonyl (C=O) groups excluding carboxylic acids is 1. The molecule has 1 saturated heterocycles. The number of hydrogen-bond acceptors (Lipinski definition) is 2. The molecule has 1 unspecified atom stereocenters. The maximum absolute atomic E-state index is 12.0. The van der Waals surface area contributed by atoms with E-state index in [1.54, 1.807) is 0 Å². The highest BCUT2D eigenvalue weighted by Crippen LogP contribution is 2.13. The Balaban J connectivity index is 2.05. The van der Waals surface area contributed by atoms with Crippen LogP contribution < -0.4 is 5.32 Å². The van der Waals surface area contributed by atoms with E-state index in [9.17, 15) is 4.79 Å². The lowest BCUT2D eigenvalue weighted by Crippen LogP contribution is -2.31. The average Bonchev–Trinajstić information content (AvgIpc) is 2.68. The summed E-state index contributed by atoms with van der Waals surface area (Å²) >= 11 is 0. The number of Topliss-reactive ketones (excluding diaryl/α,β-unsaturated/α-hetero) is 1. The van der Waals surface area contributed by atoms with E-state index in [1.165, 1.54) is 11.1 Å². The Labute approximate surface area is 97.1 Å². The molecular weight excluding hydrogens is 198 g/mol. The molecule has 1 aromatic carbocycles. The minimum atomic E-state index is 0.0980. The molecule has 1 fully saturated rings. The van der Waals surface area contributed by atoms with Crippen LogP contribution in [0.15, 0.2) is 18.2 Å². The number of ketones is 1. The Morgan fingerprint density at radius 3 is 2.56 bits per heavy atom. The summed E-state index contributed by atoms with van der Waals surface area (Å²) in [5.74, 6) is 0.336. The lowest BCUT2D eigenvalue weighted by molar-refractivity contribution is -0.120. The Morgan fingerprint density at radius 2 is 2.00 bits per heavy atom. The Kier molecular flexibility index (Phi) is 3.39. The molecule has 0 amide bonds. The van der Waals surface area contributed by atoms with Crippen LogP contribution in [0, 0.1) is 13.8 Å². The first-order chi connectivity index (χ1) is 7.65. The van der Waals surface area contributed by atoms with E-state index in [-0.39, 0.29) is 6.04 Å². The summed E-state index contributed by atoms with van der Waals surface area (Å²) in [6.07, 6.45) is 2.70. The van der Waals surface area contributed by atoms with Crippen LogP contribution >= 0.6 is 0 Å². The van der Waals surface area contributed by atoms with E-state index in [0.29, 0.717) is 12.2 Å². The third-order valence-electron chi connectivity index (χ3n) is 3.11. The first-order valence-corrected chi connectivity index (χ1v) is 5.98. The van der Waals surface area contributed by atoms with Gasteiger partial charge in [-0.2, -0.15) is 0 Å². The van der Waals surface area contributed by atoms with E-state index in [2.05, 4.69) is 37.4 Å². The molecule has 0 aromatic heterocycles. The van der Waals surface area contributed by atoms with Gasteiger partial charge in [-0.3, -0.25) is 4.79 Å². The van der Waals surface area contributed by atoms with Crippen LogP contribution in [0.2, 0.25) is 0 Å². The first kappa shape index (κ1) is 11.3. The van der Waals surface area contributed by atoms with Gasteiger partial charge in [0.1, 0.15) is 0 Å². The Morgan fingerprint density at radius 1 is 1.31 bits per heavy atom. The second kappa shape index (κ2) is 4.79. The number of nitrogens with one attached hydrogen (secondary N) is 1. The standard InChI is InChI=1S/C14H19NO/c1-10-6-11(2)8-12(7-10)9-14(16)13-4-3-5-15-13/h6-8,13,15H,3-5,9H2,1-2H3. The number of hydrogen-bond donors (Lipinski definition) is 1. The molecule has 1 aliphatic heterocycles. The van der Waals surface area contributed by atoms with E-state index < -0.39 is 0 Å². The maximum atomic E-state index is 12.0. The van der Waals surface area contributed by atoms with E-state index in [4.69, 9.17) is 0 Å². The molecule has 1 aliphatic rings. The molecule has 2 heteroatoms. The van der Waals surface area contributed by atoms with Gasteiger partial charge in [0.2, 0.25) is 0 Å². The molecule has 1 aromatic rings. The molecule has 1 N–H and O–H groups in total. The lowest BCUT2D eigenvalue weighted by atomic mass is 9.99. The molecule has 1 atom stereocenters. The molecule has 0 spiro atoms. The van der Waals surface area contributed by atoms with Gasteiger partial charge in [-0.1, -0.05) is 29.3 Å². The second-order valence-electron chi connectivity index (χ2n) is 4.79. The van der Waals surface area contributed by atoms with Crippen molar-refractivity contribution < 1.29 is 4.79 Å². The highest BCUT2D eigenvalue weighted by atomic mass is 16.1. The predicted molar refractivity (Wildman–Crippen MR) is 65.7 cm³/mol. The maximum Gasteiger partial charge on any atom is 0.154 e. The molecular formula is C14H19NO. The quantitative estimate of drug-likeness (QED) is 0.840. The zero-order valence-electron chi connectivity index (χ0n) is 10.0. The van der Waals surface area contributed by atoms with Crippen molar-refractivity contribution in [1.29, 1.82) is 0 Å². The molecule has 2 rings (SSSR count). The normalized spacial score (nSPS) is 20.0. The van der Waals surface area contributed by atoms with Crippen molar-refractivity contribution in [2.24, 2.45) is 0 Å². The monoisotopic (exact) mass is 217 g/mol. The van der Waals surface area contributed by atoms with Crippen LogP contribution in [0.1, 0.15) is 29.5 Å². The third kappa shape index (κ3) is 2.70. The average molecular weight is 217 g/mol. The van der Waals surface area contributed by atoms with Crippen molar-refractivity contribution in [3.8, 4) is 0 Å². The minimum Gasteiger partial charge on any atom is -0.307 e. The van der Waals surface area contributed by atoms with Crippen LogP contribution in [0.5, 0.6) is 0 Å². The van der Waals surface area contributed by atoms with Gasteiger partial charge in [-0.15, -0.1) is 0 Å². The van der Waals surface area contributed by atoms with Crippen LogP contribution in [0.4, 0.5) is 0 Å². The Hall–Kier alpha value is -1.15. The van der Waals surface area contributed by atoms with Crippen molar-refractivity contribution >= 4 is 5.78 Å². The van der Waals surface area contributed by atoms with Crippen LogP contribution in [-0.4, -0.2) is 18.4 Å². The second-order valence-corrected chi connectivity index (χ2v) is 4.79. The van der Waals surface area contributed by atoms with Crippen LogP contribution in [0.3, 0.4) is 0 Å². The van der Waals surface area contributed by atoms with Gasteiger partial charge < -0.3 is 5.32 Å². The summed E-state index contributed by atoms with van der Waals surface area (Å²) in [5, 5.41) is 3.26.